The Labute approximate surface area is 150 Å². The third-order valence-electron chi connectivity index (χ3n) is 4.68. The Bertz CT molecular complexity index is 851. The van der Waals surface area contributed by atoms with Crippen LogP contribution in [-0.4, -0.2) is 18.4 Å². The summed E-state index contributed by atoms with van der Waals surface area (Å²) in [5.74, 6) is -4.31. The van der Waals surface area contributed by atoms with Crippen molar-refractivity contribution in [2.75, 3.05) is 11.9 Å². The number of carbonyl (C=O) groups is 2. The number of benzene rings is 2. The van der Waals surface area contributed by atoms with Crippen LogP contribution in [0.4, 0.5) is 14.5 Å². The Balaban J connectivity index is 1.87. The molecule has 26 heavy (non-hydrogen) atoms. The molecule has 136 valence electrons. The van der Waals surface area contributed by atoms with Crippen molar-refractivity contribution < 1.29 is 18.4 Å². The lowest BCUT2D eigenvalue weighted by Gasteiger charge is -2.18. The van der Waals surface area contributed by atoms with Crippen molar-refractivity contribution >= 4 is 17.5 Å². The van der Waals surface area contributed by atoms with Crippen molar-refractivity contribution in [3.05, 3.63) is 65.2 Å². The molecule has 1 aliphatic rings. The predicted molar refractivity (Wildman–Crippen MR) is 94.8 cm³/mol. The van der Waals surface area contributed by atoms with Gasteiger partial charge in [-0.25, -0.2) is 8.78 Å². The van der Waals surface area contributed by atoms with Crippen molar-refractivity contribution in [2.45, 2.75) is 25.7 Å². The van der Waals surface area contributed by atoms with Gasteiger partial charge in [-0.15, -0.1) is 0 Å². The molecule has 0 bridgehead atoms. The van der Waals surface area contributed by atoms with E-state index in [1.54, 1.807) is 0 Å². The molecule has 1 heterocycles. The Morgan fingerprint density at radius 1 is 1.19 bits per heavy atom. The molecule has 2 amide bonds. The first kappa shape index (κ1) is 18.0. The van der Waals surface area contributed by atoms with Crippen LogP contribution in [0.1, 0.15) is 36.8 Å². The summed E-state index contributed by atoms with van der Waals surface area (Å²) in [4.78, 5) is 24.9. The molecule has 2 aromatic rings. The second kappa shape index (κ2) is 7.23. The zero-order chi connectivity index (χ0) is 18.8. The van der Waals surface area contributed by atoms with Crippen LogP contribution in [0.3, 0.4) is 0 Å². The predicted octanol–water partition coefficient (Wildman–Crippen LogP) is 3.56. The van der Waals surface area contributed by atoms with Crippen molar-refractivity contribution in [3.63, 3.8) is 0 Å². The lowest BCUT2D eigenvalue weighted by Crippen LogP contribution is -2.32. The quantitative estimate of drug-likeness (QED) is 0.821. The van der Waals surface area contributed by atoms with Gasteiger partial charge in [-0.1, -0.05) is 44.2 Å². The molecule has 0 aromatic heterocycles. The van der Waals surface area contributed by atoms with Gasteiger partial charge in [-0.05, 0) is 29.2 Å². The summed E-state index contributed by atoms with van der Waals surface area (Å²) >= 11 is 0. The van der Waals surface area contributed by atoms with Gasteiger partial charge in [-0.2, -0.15) is 0 Å². The third kappa shape index (κ3) is 3.45. The van der Waals surface area contributed by atoms with Crippen LogP contribution in [0.25, 0.3) is 0 Å². The molecule has 2 atom stereocenters. The number of hydrogen-bond donors (Lipinski definition) is 2. The van der Waals surface area contributed by atoms with Gasteiger partial charge >= 0.3 is 0 Å². The van der Waals surface area contributed by atoms with E-state index in [0.29, 0.717) is 12.5 Å². The van der Waals surface area contributed by atoms with Crippen molar-refractivity contribution in [3.8, 4) is 0 Å². The van der Waals surface area contributed by atoms with E-state index in [-0.39, 0.29) is 11.6 Å². The van der Waals surface area contributed by atoms with Crippen molar-refractivity contribution in [2.24, 2.45) is 5.92 Å². The van der Waals surface area contributed by atoms with Gasteiger partial charge in [0.25, 0.3) is 0 Å². The molecule has 2 N–H and O–H groups in total. The minimum absolute atomic E-state index is 0.274. The highest BCUT2D eigenvalue weighted by Crippen LogP contribution is 2.32. The van der Waals surface area contributed by atoms with E-state index >= 15 is 0 Å². The summed E-state index contributed by atoms with van der Waals surface area (Å²) in [7, 11) is 0. The SMILES string of the molecule is CC(C)c1cccc(C2CNC(=O)C2C(=O)Nc2cccc(F)c2F)c1. The lowest BCUT2D eigenvalue weighted by molar-refractivity contribution is -0.130. The topological polar surface area (TPSA) is 58.2 Å². The molecule has 2 unspecified atom stereocenters. The lowest BCUT2D eigenvalue weighted by atomic mass is 9.86. The van der Waals surface area contributed by atoms with E-state index in [2.05, 4.69) is 24.5 Å². The Hall–Kier alpha value is -2.76. The molecule has 6 heteroatoms. The van der Waals surface area contributed by atoms with Gasteiger partial charge in [0.1, 0.15) is 5.92 Å². The number of nitrogens with one attached hydrogen (secondary N) is 2. The van der Waals surface area contributed by atoms with Crippen LogP contribution in [-0.2, 0) is 9.59 Å². The van der Waals surface area contributed by atoms with Crippen molar-refractivity contribution in [1.29, 1.82) is 0 Å². The van der Waals surface area contributed by atoms with Gasteiger partial charge in [0.05, 0.1) is 5.69 Å². The van der Waals surface area contributed by atoms with E-state index in [9.17, 15) is 18.4 Å². The molecule has 1 aliphatic heterocycles. The average molecular weight is 358 g/mol. The highest BCUT2D eigenvalue weighted by Gasteiger charge is 2.41. The molecule has 1 saturated heterocycles. The maximum Gasteiger partial charge on any atom is 0.237 e. The van der Waals surface area contributed by atoms with Crippen LogP contribution < -0.4 is 10.6 Å². The standard InChI is InChI=1S/C20H20F2N2O2/c1-11(2)12-5-3-6-13(9-12)14-10-23-19(25)17(14)20(26)24-16-8-4-7-15(21)18(16)22/h3-9,11,14,17H,10H2,1-2H3,(H,23,25)(H,24,26). The molecule has 0 radical (unpaired) electrons. The molecule has 4 nitrogen and oxygen atoms in total. The molecule has 3 rings (SSSR count). The Morgan fingerprint density at radius 3 is 2.65 bits per heavy atom. The number of amides is 2. The first-order chi connectivity index (χ1) is 12.4. The van der Waals surface area contributed by atoms with Crippen LogP contribution >= 0.6 is 0 Å². The number of rotatable bonds is 4. The van der Waals surface area contributed by atoms with E-state index in [1.165, 1.54) is 12.1 Å². The van der Waals surface area contributed by atoms with Gasteiger partial charge in [0.2, 0.25) is 11.8 Å². The van der Waals surface area contributed by atoms with Crippen molar-refractivity contribution in [1.82, 2.24) is 5.32 Å². The summed E-state index contributed by atoms with van der Waals surface area (Å²) in [5, 5.41) is 5.04. The second-order valence-electron chi connectivity index (χ2n) is 6.74. The average Bonchev–Trinajstić information content (AvgIpc) is 3.00. The maximum absolute atomic E-state index is 13.8. The molecule has 0 spiro atoms. The molecule has 2 aromatic carbocycles. The fourth-order valence-corrected chi connectivity index (χ4v) is 3.19. The van der Waals surface area contributed by atoms with Gasteiger partial charge in [-0.3, -0.25) is 9.59 Å². The van der Waals surface area contributed by atoms with Crippen LogP contribution in [0.15, 0.2) is 42.5 Å². The largest absolute Gasteiger partial charge is 0.355 e. The zero-order valence-corrected chi connectivity index (χ0v) is 14.6. The normalized spacial score (nSPS) is 19.5. The fraction of sp³-hybridized carbons (Fsp3) is 0.300. The first-order valence-corrected chi connectivity index (χ1v) is 8.51. The Kier molecular flexibility index (Phi) is 5.02. The number of carbonyl (C=O) groups excluding carboxylic acids is 2. The molecular formula is C20H20F2N2O2. The number of halogens is 2. The van der Waals surface area contributed by atoms with Gasteiger partial charge < -0.3 is 10.6 Å². The molecular weight excluding hydrogens is 338 g/mol. The summed E-state index contributed by atoms with van der Waals surface area (Å²) in [6, 6.07) is 11.3. The third-order valence-corrected chi connectivity index (χ3v) is 4.68. The minimum Gasteiger partial charge on any atom is -0.355 e. The minimum atomic E-state index is -1.14. The first-order valence-electron chi connectivity index (χ1n) is 8.51. The Morgan fingerprint density at radius 2 is 1.92 bits per heavy atom. The summed E-state index contributed by atoms with van der Waals surface area (Å²) in [6.07, 6.45) is 0. The summed E-state index contributed by atoms with van der Waals surface area (Å²) < 4.78 is 27.2. The fourth-order valence-electron chi connectivity index (χ4n) is 3.19. The van der Waals surface area contributed by atoms with E-state index in [1.807, 2.05) is 24.3 Å². The number of hydrogen-bond acceptors (Lipinski definition) is 2. The monoisotopic (exact) mass is 358 g/mol. The highest BCUT2D eigenvalue weighted by atomic mass is 19.2. The zero-order valence-electron chi connectivity index (χ0n) is 14.6. The summed E-state index contributed by atoms with van der Waals surface area (Å²) in [5.41, 5.74) is 1.70. The van der Waals surface area contributed by atoms with E-state index < -0.39 is 29.4 Å². The summed E-state index contributed by atoms with van der Waals surface area (Å²) in [6.45, 7) is 4.45. The van der Waals surface area contributed by atoms with Gasteiger partial charge in [0.15, 0.2) is 11.6 Å². The van der Waals surface area contributed by atoms with Crippen LogP contribution in [0, 0.1) is 17.6 Å². The molecule has 0 aliphatic carbocycles. The maximum atomic E-state index is 13.8. The van der Waals surface area contributed by atoms with Crippen LogP contribution in [0.2, 0.25) is 0 Å². The van der Waals surface area contributed by atoms with E-state index in [4.69, 9.17) is 0 Å². The smallest absolute Gasteiger partial charge is 0.237 e. The van der Waals surface area contributed by atoms with Gasteiger partial charge in [0, 0.05) is 12.5 Å². The van der Waals surface area contributed by atoms with Crippen LogP contribution in [0.5, 0.6) is 0 Å². The second-order valence-corrected chi connectivity index (χ2v) is 6.74. The number of anilines is 1. The molecule has 0 saturated carbocycles. The highest BCUT2D eigenvalue weighted by molar-refractivity contribution is 6.08. The molecule has 1 fully saturated rings. The van der Waals surface area contributed by atoms with E-state index in [0.717, 1.165) is 17.2 Å².